The lowest BCUT2D eigenvalue weighted by Gasteiger charge is -2.16. The first-order valence-corrected chi connectivity index (χ1v) is 6.22. The maximum absolute atomic E-state index is 10.5. The van der Waals surface area contributed by atoms with Crippen LogP contribution in [0.25, 0.3) is 0 Å². The molecule has 0 aliphatic carbocycles. The molecule has 0 saturated heterocycles. The summed E-state index contributed by atoms with van der Waals surface area (Å²) in [6, 6.07) is 0. The van der Waals surface area contributed by atoms with Crippen molar-refractivity contribution >= 4 is 5.91 Å². The number of hydrogen-bond donors (Lipinski definition) is 1. The molecule has 0 spiro atoms. The summed E-state index contributed by atoms with van der Waals surface area (Å²) in [5.41, 5.74) is 5.06. The molecular weight excluding hydrogens is 206 g/mol. The van der Waals surface area contributed by atoms with Crippen LogP contribution < -0.4 is 5.73 Å². The van der Waals surface area contributed by atoms with E-state index < -0.39 is 0 Å². The van der Waals surface area contributed by atoms with Crippen LogP contribution in [0.1, 0.15) is 52.4 Å². The van der Waals surface area contributed by atoms with Crippen LogP contribution in [0.15, 0.2) is 0 Å². The van der Waals surface area contributed by atoms with Crippen molar-refractivity contribution in [2.45, 2.75) is 58.7 Å². The molecule has 0 aromatic rings. The van der Waals surface area contributed by atoms with Gasteiger partial charge in [0.1, 0.15) is 0 Å². The fourth-order valence-electron chi connectivity index (χ4n) is 1.55. The molecule has 0 fully saturated rings. The van der Waals surface area contributed by atoms with Crippen LogP contribution in [-0.2, 0) is 14.3 Å². The van der Waals surface area contributed by atoms with E-state index >= 15 is 0 Å². The molecule has 1 amide bonds. The van der Waals surface area contributed by atoms with Gasteiger partial charge in [0.25, 0.3) is 0 Å². The summed E-state index contributed by atoms with van der Waals surface area (Å²) in [6.45, 7) is 5.32. The minimum Gasteiger partial charge on any atom is -0.370 e. The van der Waals surface area contributed by atoms with Crippen LogP contribution >= 0.6 is 0 Å². The van der Waals surface area contributed by atoms with E-state index in [9.17, 15) is 4.79 Å². The van der Waals surface area contributed by atoms with Gasteiger partial charge in [-0.2, -0.15) is 0 Å². The number of carbonyl (C=O) groups is 1. The predicted octanol–water partition coefficient (Wildman–Crippen LogP) is 2.21. The molecular formula is C12H25NO3. The quantitative estimate of drug-likeness (QED) is 0.438. The second kappa shape index (κ2) is 10.9. The minimum atomic E-state index is -0.207. The number of amides is 1. The van der Waals surface area contributed by atoms with Gasteiger partial charge < -0.3 is 15.2 Å². The van der Waals surface area contributed by atoms with Crippen molar-refractivity contribution in [3.63, 3.8) is 0 Å². The molecule has 0 heterocycles. The Kier molecular flexibility index (Phi) is 10.5. The van der Waals surface area contributed by atoms with Crippen molar-refractivity contribution in [3.8, 4) is 0 Å². The maximum Gasteiger partial charge on any atom is 0.217 e. The largest absolute Gasteiger partial charge is 0.370 e. The first-order valence-electron chi connectivity index (χ1n) is 6.22. The minimum absolute atomic E-state index is 0.0638. The van der Waals surface area contributed by atoms with Crippen LogP contribution in [0.2, 0.25) is 0 Å². The monoisotopic (exact) mass is 231 g/mol. The molecule has 0 bridgehead atoms. The molecule has 4 nitrogen and oxygen atoms in total. The number of hydrogen-bond acceptors (Lipinski definition) is 3. The zero-order valence-electron chi connectivity index (χ0n) is 10.5. The lowest BCUT2D eigenvalue weighted by Crippen LogP contribution is -2.17. The summed E-state index contributed by atoms with van der Waals surface area (Å²) in [5, 5.41) is 0. The Bertz CT molecular complexity index is 168. The van der Waals surface area contributed by atoms with Crippen molar-refractivity contribution in [3.05, 3.63) is 0 Å². The van der Waals surface area contributed by atoms with Crippen LogP contribution in [-0.4, -0.2) is 25.4 Å². The fraction of sp³-hybridized carbons (Fsp3) is 0.917. The fourth-order valence-corrected chi connectivity index (χ4v) is 1.55. The third-order valence-corrected chi connectivity index (χ3v) is 2.32. The Labute approximate surface area is 98.5 Å². The Balaban J connectivity index is 3.35. The Morgan fingerprint density at radius 3 is 2.12 bits per heavy atom. The normalized spacial score (nSPS) is 10.9. The zero-order valence-corrected chi connectivity index (χ0v) is 10.5. The van der Waals surface area contributed by atoms with Gasteiger partial charge in [0.15, 0.2) is 6.29 Å². The summed E-state index contributed by atoms with van der Waals surface area (Å²) in [5.74, 6) is -0.207. The standard InChI is InChI=1S/C12H25NO3/c1-3-15-12(16-4-2)10-8-6-5-7-9-11(13)14/h12H,3-10H2,1-2H3,(H2,13,14). The highest BCUT2D eigenvalue weighted by Gasteiger charge is 2.06. The van der Waals surface area contributed by atoms with Gasteiger partial charge in [-0.1, -0.05) is 12.8 Å². The van der Waals surface area contributed by atoms with Gasteiger partial charge in [-0.05, 0) is 33.1 Å². The van der Waals surface area contributed by atoms with Gasteiger partial charge in [-0.3, -0.25) is 4.79 Å². The SMILES string of the molecule is CCOC(CCCCCCC(N)=O)OCC. The third kappa shape index (κ3) is 9.93. The van der Waals surface area contributed by atoms with Crippen LogP contribution in [0, 0.1) is 0 Å². The lowest BCUT2D eigenvalue weighted by molar-refractivity contribution is -0.140. The number of rotatable bonds is 11. The first-order chi connectivity index (χ1) is 7.70. The zero-order chi connectivity index (χ0) is 12.2. The Morgan fingerprint density at radius 1 is 1.06 bits per heavy atom. The van der Waals surface area contributed by atoms with E-state index in [2.05, 4.69) is 0 Å². The van der Waals surface area contributed by atoms with E-state index in [1.54, 1.807) is 0 Å². The van der Waals surface area contributed by atoms with E-state index in [4.69, 9.17) is 15.2 Å². The number of unbranched alkanes of at least 4 members (excludes halogenated alkanes) is 3. The molecule has 0 radical (unpaired) electrons. The van der Waals surface area contributed by atoms with Crippen molar-refractivity contribution in [1.29, 1.82) is 0 Å². The van der Waals surface area contributed by atoms with Gasteiger partial charge in [0, 0.05) is 19.6 Å². The van der Waals surface area contributed by atoms with Crippen molar-refractivity contribution < 1.29 is 14.3 Å². The summed E-state index contributed by atoms with van der Waals surface area (Å²) in [6.07, 6.45) is 5.48. The maximum atomic E-state index is 10.5. The summed E-state index contributed by atoms with van der Waals surface area (Å²) >= 11 is 0. The smallest absolute Gasteiger partial charge is 0.217 e. The van der Waals surface area contributed by atoms with Crippen LogP contribution in [0.3, 0.4) is 0 Å². The van der Waals surface area contributed by atoms with E-state index in [1.807, 2.05) is 13.8 Å². The average molecular weight is 231 g/mol. The molecule has 16 heavy (non-hydrogen) atoms. The summed E-state index contributed by atoms with van der Waals surface area (Å²) in [4.78, 5) is 10.5. The second-order valence-corrected chi connectivity index (χ2v) is 3.76. The molecule has 2 N–H and O–H groups in total. The van der Waals surface area contributed by atoms with E-state index in [0.29, 0.717) is 19.6 Å². The van der Waals surface area contributed by atoms with Crippen LogP contribution in [0.4, 0.5) is 0 Å². The molecule has 4 heteroatoms. The summed E-state index contributed by atoms with van der Waals surface area (Å²) in [7, 11) is 0. The van der Waals surface area contributed by atoms with Gasteiger partial charge in [-0.25, -0.2) is 0 Å². The average Bonchev–Trinajstić information content (AvgIpc) is 2.23. The molecule has 0 aromatic carbocycles. The molecule has 0 rings (SSSR count). The Morgan fingerprint density at radius 2 is 1.62 bits per heavy atom. The third-order valence-electron chi connectivity index (χ3n) is 2.32. The van der Waals surface area contributed by atoms with Gasteiger partial charge in [0.2, 0.25) is 5.91 Å². The lowest BCUT2D eigenvalue weighted by atomic mass is 10.1. The second-order valence-electron chi connectivity index (χ2n) is 3.76. The van der Waals surface area contributed by atoms with Gasteiger partial charge in [0.05, 0.1) is 0 Å². The molecule has 0 unspecified atom stereocenters. The highest BCUT2D eigenvalue weighted by molar-refractivity contribution is 5.73. The summed E-state index contributed by atoms with van der Waals surface area (Å²) < 4.78 is 10.9. The van der Waals surface area contributed by atoms with Crippen molar-refractivity contribution in [1.82, 2.24) is 0 Å². The van der Waals surface area contributed by atoms with Crippen LogP contribution in [0.5, 0.6) is 0 Å². The van der Waals surface area contributed by atoms with E-state index in [1.165, 1.54) is 0 Å². The highest BCUT2D eigenvalue weighted by atomic mass is 16.7. The molecule has 0 aliphatic rings. The van der Waals surface area contributed by atoms with Crippen molar-refractivity contribution in [2.24, 2.45) is 5.73 Å². The topological polar surface area (TPSA) is 61.5 Å². The molecule has 0 aliphatic heterocycles. The first kappa shape index (κ1) is 15.4. The number of carbonyl (C=O) groups excluding carboxylic acids is 1. The van der Waals surface area contributed by atoms with E-state index in [-0.39, 0.29) is 12.2 Å². The number of nitrogens with two attached hydrogens (primary N) is 1. The Hall–Kier alpha value is -0.610. The molecule has 0 saturated carbocycles. The molecule has 0 aromatic heterocycles. The van der Waals surface area contributed by atoms with Gasteiger partial charge >= 0.3 is 0 Å². The number of ether oxygens (including phenoxy) is 2. The van der Waals surface area contributed by atoms with E-state index in [0.717, 1.165) is 32.1 Å². The highest BCUT2D eigenvalue weighted by Crippen LogP contribution is 2.10. The van der Waals surface area contributed by atoms with Gasteiger partial charge in [-0.15, -0.1) is 0 Å². The molecule has 96 valence electrons. The molecule has 0 atom stereocenters. The number of primary amides is 1. The van der Waals surface area contributed by atoms with Crippen molar-refractivity contribution in [2.75, 3.05) is 13.2 Å². The predicted molar refractivity (Wildman–Crippen MR) is 63.9 cm³/mol.